The van der Waals surface area contributed by atoms with E-state index in [1.54, 1.807) is 11.3 Å². The molecule has 1 unspecified atom stereocenters. The zero-order valence-electron chi connectivity index (χ0n) is 11.4. The molecule has 2 rings (SSSR count). The summed E-state index contributed by atoms with van der Waals surface area (Å²) >= 11 is 1.65. The predicted octanol–water partition coefficient (Wildman–Crippen LogP) is 3.59. The molecule has 0 radical (unpaired) electrons. The average molecular weight is 274 g/mol. The quantitative estimate of drug-likeness (QED) is 0.894. The summed E-state index contributed by atoms with van der Waals surface area (Å²) in [5, 5.41) is 8.11. The van der Waals surface area contributed by atoms with Crippen molar-refractivity contribution >= 4 is 22.9 Å². The molecule has 0 aliphatic carbocycles. The van der Waals surface area contributed by atoms with Crippen LogP contribution in [0.25, 0.3) is 0 Å². The molecular formula is C15H18N2OS. The lowest BCUT2D eigenvalue weighted by Crippen LogP contribution is -2.26. The van der Waals surface area contributed by atoms with Crippen molar-refractivity contribution in [2.24, 2.45) is 0 Å². The molecule has 4 heteroatoms. The molecule has 0 aliphatic rings. The van der Waals surface area contributed by atoms with Crippen molar-refractivity contribution in [3.05, 3.63) is 51.7 Å². The van der Waals surface area contributed by atoms with Crippen LogP contribution in [0.1, 0.15) is 33.8 Å². The molecule has 1 amide bonds. The van der Waals surface area contributed by atoms with Crippen molar-refractivity contribution < 1.29 is 4.79 Å². The molecule has 1 aromatic heterocycles. The number of benzene rings is 1. The van der Waals surface area contributed by atoms with Gasteiger partial charge < -0.3 is 10.6 Å². The Morgan fingerprint density at radius 2 is 2.11 bits per heavy atom. The predicted molar refractivity (Wildman–Crippen MR) is 80.9 cm³/mol. The van der Waals surface area contributed by atoms with E-state index in [1.807, 2.05) is 56.6 Å². The van der Waals surface area contributed by atoms with Gasteiger partial charge in [0.25, 0.3) is 5.91 Å². The Labute approximate surface area is 117 Å². The number of carbonyl (C=O) groups is 1. The van der Waals surface area contributed by atoms with Crippen LogP contribution in [0, 0.1) is 6.92 Å². The molecule has 2 aromatic rings. The van der Waals surface area contributed by atoms with Crippen LogP contribution < -0.4 is 10.6 Å². The highest BCUT2D eigenvalue weighted by Crippen LogP contribution is 2.21. The maximum Gasteiger partial charge on any atom is 0.253 e. The van der Waals surface area contributed by atoms with Crippen LogP contribution in [0.4, 0.5) is 5.69 Å². The Morgan fingerprint density at radius 3 is 2.74 bits per heavy atom. The fourth-order valence-corrected chi connectivity index (χ4v) is 2.68. The van der Waals surface area contributed by atoms with E-state index >= 15 is 0 Å². The first-order chi connectivity index (χ1) is 9.11. The van der Waals surface area contributed by atoms with Crippen molar-refractivity contribution in [1.29, 1.82) is 0 Å². The third kappa shape index (κ3) is 3.15. The van der Waals surface area contributed by atoms with Gasteiger partial charge >= 0.3 is 0 Å². The van der Waals surface area contributed by atoms with Crippen molar-refractivity contribution in [1.82, 2.24) is 5.32 Å². The van der Waals surface area contributed by atoms with Crippen LogP contribution in [-0.4, -0.2) is 13.0 Å². The van der Waals surface area contributed by atoms with E-state index in [0.717, 1.165) is 16.1 Å². The molecule has 0 bridgehead atoms. The van der Waals surface area contributed by atoms with Crippen LogP contribution >= 0.6 is 11.3 Å². The Hall–Kier alpha value is -1.81. The Bertz CT molecular complexity index is 564. The van der Waals surface area contributed by atoms with E-state index in [4.69, 9.17) is 0 Å². The summed E-state index contributed by atoms with van der Waals surface area (Å²) in [7, 11) is 1.83. The van der Waals surface area contributed by atoms with Crippen LogP contribution in [0.15, 0.2) is 35.7 Å². The summed E-state index contributed by atoms with van der Waals surface area (Å²) in [5.74, 6) is -0.0507. The first-order valence-corrected chi connectivity index (χ1v) is 7.12. The van der Waals surface area contributed by atoms with Gasteiger partial charge in [-0.15, -0.1) is 11.3 Å². The van der Waals surface area contributed by atoms with E-state index in [-0.39, 0.29) is 11.9 Å². The van der Waals surface area contributed by atoms with Gasteiger partial charge in [-0.2, -0.15) is 0 Å². The third-order valence-electron chi connectivity index (χ3n) is 3.01. The van der Waals surface area contributed by atoms with Crippen LogP contribution in [0.3, 0.4) is 0 Å². The van der Waals surface area contributed by atoms with Crippen molar-refractivity contribution in [3.8, 4) is 0 Å². The fraction of sp³-hybridized carbons (Fsp3) is 0.267. The number of aryl methyl sites for hydroxylation is 1. The second-order valence-corrected chi connectivity index (χ2v) is 5.49. The van der Waals surface area contributed by atoms with Gasteiger partial charge in [0, 0.05) is 17.6 Å². The molecule has 0 spiro atoms. The number of amides is 1. The normalized spacial score (nSPS) is 11.9. The summed E-state index contributed by atoms with van der Waals surface area (Å²) in [6.45, 7) is 4.01. The third-order valence-corrected chi connectivity index (χ3v) is 4.06. The number of hydrogen-bond donors (Lipinski definition) is 2. The number of anilines is 1. The molecule has 0 saturated carbocycles. The number of carbonyl (C=O) groups excluding carboxylic acids is 1. The van der Waals surface area contributed by atoms with E-state index in [0.29, 0.717) is 5.56 Å². The summed E-state index contributed by atoms with van der Waals surface area (Å²) in [6.07, 6.45) is 0. The second-order valence-electron chi connectivity index (χ2n) is 4.51. The van der Waals surface area contributed by atoms with Crippen molar-refractivity contribution in [3.63, 3.8) is 0 Å². The largest absolute Gasteiger partial charge is 0.387 e. The molecule has 19 heavy (non-hydrogen) atoms. The first kappa shape index (κ1) is 13.6. The summed E-state index contributed by atoms with van der Waals surface area (Å²) in [5.41, 5.74) is 2.67. The zero-order chi connectivity index (χ0) is 13.8. The Balaban J connectivity index is 2.16. The maximum absolute atomic E-state index is 12.3. The lowest BCUT2D eigenvalue weighted by atomic mass is 10.1. The highest BCUT2D eigenvalue weighted by Gasteiger charge is 2.14. The fourth-order valence-electron chi connectivity index (χ4n) is 1.95. The molecule has 0 aliphatic heterocycles. The number of rotatable bonds is 4. The topological polar surface area (TPSA) is 41.1 Å². The molecule has 100 valence electrons. The van der Waals surface area contributed by atoms with Crippen LogP contribution in [-0.2, 0) is 0 Å². The van der Waals surface area contributed by atoms with Gasteiger partial charge in [0.15, 0.2) is 0 Å². The minimum atomic E-state index is -0.0507. The molecule has 0 fully saturated rings. The minimum Gasteiger partial charge on any atom is -0.387 e. The van der Waals surface area contributed by atoms with Gasteiger partial charge in [-0.1, -0.05) is 12.1 Å². The van der Waals surface area contributed by atoms with Crippen molar-refractivity contribution in [2.45, 2.75) is 19.9 Å². The smallest absolute Gasteiger partial charge is 0.253 e. The van der Waals surface area contributed by atoms with E-state index in [2.05, 4.69) is 10.6 Å². The van der Waals surface area contributed by atoms with Crippen LogP contribution in [0.5, 0.6) is 0 Å². The SMILES string of the molecule is CNc1cc(C)ccc1C(=O)NC(C)c1cccs1. The number of hydrogen-bond acceptors (Lipinski definition) is 3. The van der Waals surface area contributed by atoms with E-state index in [9.17, 15) is 4.79 Å². The lowest BCUT2D eigenvalue weighted by Gasteiger charge is -2.15. The Kier molecular flexibility index (Phi) is 4.22. The van der Waals surface area contributed by atoms with Gasteiger partial charge in [0.1, 0.15) is 0 Å². The standard InChI is InChI=1S/C15H18N2OS/c1-10-6-7-12(13(9-10)16-3)15(18)17-11(2)14-5-4-8-19-14/h4-9,11,16H,1-3H3,(H,17,18). The molecule has 2 N–H and O–H groups in total. The Morgan fingerprint density at radius 1 is 1.32 bits per heavy atom. The molecule has 0 saturated heterocycles. The van der Waals surface area contributed by atoms with Crippen molar-refractivity contribution in [2.75, 3.05) is 12.4 Å². The van der Waals surface area contributed by atoms with E-state index in [1.165, 1.54) is 0 Å². The number of nitrogens with one attached hydrogen (secondary N) is 2. The average Bonchev–Trinajstić information content (AvgIpc) is 2.92. The van der Waals surface area contributed by atoms with E-state index < -0.39 is 0 Å². The second kappa shape index (κ2) is 5.89. The maximum atomic E-state index is 12.3. The molecule has 1 atom stereocenters. The van der Waals surface area contributed by atoms with Crippen LogP contribution in [0.2, 0.25) is 0 Å². The molecule has 1 heterocycles. The molecule has 3 nitrogen and oxygen atoms in total. The summed E-state index contributed by atoms with van der Waals surface area (Å²) in [6, 6.07) is 9.84. The molecular weight excluding hydrogens is 256 g/mol. The van der Waals surface area contributed by atoms with Gasteiger partial charge in [0.2, 0.25) is 0 Å². The highest BCUT2D eigenvalue weighted by molar-refractivity contribution is 7.10. The molecule has 1 aromatic carbocycles. The monoisotopic (exact) mass is 274 g/mol. The lowest BCUT2D eigenvalue weighted by molar-refractivity contribution is 0.0941. The summed E-state index contributed by atoms with van der Waals surface area (Å²) in [4.78, 5) is 13.5. The van der Waals surface area contributed by atoms with Gasteiger partial charge in [-0.25, -0.2) is 0 Å². The number of thiophene rings is 1. The van der Waals surface area contributed by atoms with Gasteiger partial charge in [-0.3, -0.25) is 4.79 Å². The first-order valence-electron chi connectivity index (χ1n) is 6.24. The summed E-state index contributed by atoms with van der Waals surface area (Å²) < 4.78 is 0. The zero-order valence-corrected chi connectivity index (χ0v) is 12.2. The highest BCUT2D eigenvalue weighted by atomic mass is 32.1. The van der Waals surface area contributed by atoms with Gasteiger partial charge in [0.05, 0.1) is 11.6 Å². The van der Waals surface area contributed by atoms with Gasteiger partial charge in [-0.05, 0) is 43.0 Å². The minimum absolute atomic E-state index is 0.0264.